The number of amides is 2. The zero-order valence-electron chi connectivity index (χ0n) is 15.1. The van der Waals surface area contributed by atoms with Crippen LogP contribution in [-0.2, 0) is 10.5 Å². The second-order valence-corrected chi connectivity index (χ2v) is 6.95. The van der Waals surface area contributed by atoms with Gasteiger partial charge in [-0.05, 0) is 55.0 Å². The van der Waals surface area contributed by atoms with Crippen LogP contribution < -0.4 is 5.32 Å². The van der Waals surface area contributed by atoms with E-state index >= 15 is 0 Å². The molecule has 0 heterocycles. The Hall–Kier alpha value is -2.27. The first-order valence-corrected chi connectivity index (χ1v) is 9.51. The van der Waals surface area contributed by atoms with Crippen molar-refractivity contribution in [3.8, 4) is 0 Å². The van der Waals surface area contributed by atoms with Crippen LogP contribution >= 0.6 is 11.8 Å². The number of anilines is 1. The minimum atomic E-state index is -0.205. The summed E-state index contributed by atoms with van der Waals surface area (Å²) in [5, 5.41) is 2.88. The molecule has 0 radical (unpaired) electrons. The lowest BCUT2D eigenvalue weighted by Gasteiger charge is -2.18. The van der Waals surface area contributed by atoms with Crippen LogP contribution in [-0.4, -0.2) is 36.6 Å². The first kappa shape index (κ1) is 19.1. The van der Waals surface area contributed by atoms with E-state index in [0.717, 1.165) is 22.6 Å². The number of likely N-dealkylation sites (N-methyl/N-ethyl adjacent to an activating group) is 1. The van der Waals surface area contributed by atoms with Gasteiger partial charge in [0.15, 0.2) is 0 Å². The fourth-order valence-electron chi connectivity index (χ4n) is 2.49. The van der Waals surface area contributed by atoms with Crippen LogP contribution in [0.1, 0.15) is 27.0 Å². The maximum Gasteiger partial charge on any atom is 0.254 e. The molecule has 0 aromatic heterocycles. The predicted molar refractivity (Wildman–Crippen MR) is 105 cm³/mol. The summed E-state index contributed by atoms with van der Waals surface area (Å²) in [6.45, 7) is 3.98. The van der Waals surface area contributed by atoms with Crippen molar-refractivity contribution >= 4 is 29.3 Å². The average molecular weight is 356 g/mol. The van der Waals surface area contributed by atoms with Crippen molar-refractivity contribution in [2.24, 2.45) is 0 Å². The summed E-state index contributed by atoms with van der Waals surface area (Å²) in [4.78, 5) is 26.2. The lowest BCUT2D eigenvalue weighted by molar-refractivity contribution is -0.116. The number of aryl methyl sites for hydroxylation is 1. The molecular weight excluding hydrogens is 332 g/mol. The van der Waals surface area contributed by atoms with Gasteiger partial charge in [-0.2, -0.15) is 11.8 Å². The Bertz CT molecular complexity index is 757. The van der Waals surface area contributed by atoms with Crippen LogP contribution in [0.15, 0.2) is 42.5 Å². The summed E-state index contributed by atoms with van der Waals surface area (Å²) in [5.74, 6) is 0.554. The number of nitrogens with one attached hydrogen (secondary N) is 1. The summed E-state index contributed by atoms with van der Waals surface area (Å²) >= 11 is 1.74. The number of benzene rings is 2. The molecule has 0 saturated heterocycles. The molecule has 132 valence electrons. The molecule has 0 unspecified atom stereocenters. The summed E-state index contributed by atoms with van der Waals surface area (Å²) < 4.78 is 0. The van der Waals surface area contributed by atoms with Crippen molar-refractivity contribution in [3.63, 3.8) is 0 Å². The Morgan fingerprint density at radius 2 is 1.76 bits per heavy atom. The fraction of sp³-hybridized carbons (Fsp3) is 0.300. The van der Waals surface area contributed by atoms with Crippen molar-refractivity contribution in [3.05, 3.63) is 64.7 Å². The largest absolute Gasteiger partial charge is 0.332 e. The minimum absolute atomic E-state index is 0.0127. The average Bonchev–Trinajstić information content (AvgIpc) is 2.59. The van der Waals surface area contributed by atoms with Gasteiger partial charge in [0.05, 0.1) is 6.54 Å². The Balaban J connectivity index is 1.98. The third-order valence-electron chi connectivity index (χ3n) is 4.12. The topological polar surface area (TPSA) is 49.4 Å². The highest BCUT2D eigenvalue weighted by atomic mass is 32.2. The van der Waals surface area contributed by atoms with E-state index in [1.165, 1.54) is 10.5 Å². The summed E-state index contributed by atoms with van der Waals surface area (Å²) in [6, 6.07) is 13.3. The smallest absolute Gasteiger partial charge is 0.254 e. The summed E-state index contributed by atoms with van der Waals surface area (Å²) in [6.07, 6.45) is 2.04. The number of thioether (sulfide) groups is 1. The molecule has 2 amide bonds. The first-order chi connectivity index (χ1) is 11.9. The van der Waals surface area contributed by atoms with Crippen LogP contribution in [0.3, 0.4) is 0 Å². The predicted octanol–water partition coefficient (Wildman–Crippen LogP) is 3.88. The van der Waals surface area contributed by atoms with Gasteiger partial charge in [-0.1, -0.05) is 24.3 Å². The highest BCUT2D eigenvalue weighted by molar-refractivity contribution is 7.97. The van der Waals surface area contributed by atoms with E-state index in [4.69, 9.17) is 0 Å². The molecule has 0 aliphatic heterocycles. The second-order valence-electron chi connectivity index (χ2n) is 6.09. The van der Waals surface area contributed by atoms with Crippen molar-refractivity contribution in [1.29, 1.82) is 0 Å². The maximum absolute atomic E-state index is 12.5. The Morgan fingerprint density at radius 3 is 2.40 bits per heavy atom. The molecule has 2 aromatic rings. The standard InChI is InChI=1S/C20H24N2O2S/c1-14-6-5-7-18(15(14)2)21-19(23)12-22(3)20(24)17-10-8-16(9-11-17)13-25-4/h5-11H,12-13H2,1-4H3,(H,21,23). The Kier molecular flexibility index (Phi) is 6.65. The lowest BCUT2D eigenvalue weighted by Crippen LogP contribution is -2.35. The molecule has 2 aromatic carbocycles. The zero-order chi connectivity index (χ0) is 18.4. The number of carbonyl (C=O) groups is 2. The maximum atomic E-state index is 12.5. The van der Waals surface area contributed by atoms with Gasteiger partial charge in [-0.3, -0.25) is 9.59 Å². The third kappa shape index (κ3) is 5.10. The van der Waals surface area contributed by atoms with Gasteiger partial charge >= 0.3 is 0 Å². The molecule has 0 spiro atoms. The van der Waals surface area contributed by atoms with Crippen molar-refractivity contribution in [2.45, 2.75) is 19.6 Å². The van der Waals surface area contributed by atoms with Gasteiger partial charge < -0.3 is 10.2 Å². The van der Waals surface area contributed by atoms with Gasteiger partial charge in [0, 0.05) is 24.1 Å². The molecule has 0 aliphatic rings. The SMILES string of the molecule is CSCc1ccc(C(=O)N(C)CC(=O)Nc2cccc(C)c2C)cc1. The van der Waals surface area contributed by atoms with Gasteiger partial charge in [-0.25, -0.2) is 0 Å². The molecule has 2 rings (SSSR count). The van der Waals surface area contributed by atoms with Crippen molar-refractivity contribution in [1.82, 2.24) is 4.90 Å². The normalized spacial score (nSPS) is 10.4. The van der Waals surface area contributed by atoms with Crippen LogP contribution in [0.25, 0.3) is 0 Å². The molecule has 5 heteroatoms. The minimum Gasteiger partial charge on any atom is -0.332 e. The molecule has 1 N–H and O–H groups in total. The number of carbonyl (C=O) groups excluding carboxylic acids is 2. The number of hydrogen-bond acceptors (Lipinski definition) is 3. The van der Waals surface area contributed by atoms with Crippen LogP contribution in [0.4, 0.5) is 5.69 Å². The number of hydrogen-bond donors (Lipinski definition) is 1. The molecule has 0 bridgehead atoms. The Morgan fingerprint density at radius 1 is 1.08 bits per heavy atom. The second kappa shape index (κ2) is 8.72. The molecule has 0 atom stereocenters. The van der Waals surface area contributed by atoms with E-state index in [0.29, 0.717) is 5.56 Å². The van der Waals surface area contributed by atoms with E-state index in [9.17, 15) is 9.59 Å². The van der Waals surface area contributed by atoms with Gasteiger partial charge in [0.2, 0.25) is 5.91 Å². The van der Waals surface area contributed by atoms with E-state index in [1.54, 1.807) is 18.8 Å². The number of rotatable bonds is 6. The van der Waals surface area contributed by atoms with E-state index in [2.05, 4.69) is 5.32 Å². The zero-order valence-corrected chi connectivity index (χ0v) is 15.9. The van der Waals surface area contributed by atoms with Crippen LogP contribution in [0.5, 0.6) is 0 Å². The highest BCUT2D eigenvalue weighted by Gasteiger charge is 2.15. The summed E-state index contributed by atoms with van der Waals surface area (Å²) in [7, 11) is 1.64. The van der Waals surface area contributed by atoms with Gasteiger partial charge in [0.1, 0.15) is 0 Å². The quantitative estimate of drug-likeness (QED) is 0.854. The summed E-state index contributed by atoms with van der Waals surface area (Å²) in [5.41, 5.74) is 4.71. The molecule has 25 heavy (non-hydrogen) atoms. The molecule has 0 fully saturated rings. The fourth-order valence-corrected chi connectivity index (χ4v) is 3.02. The lowest BCUT2D eigenvalue weighted by atomic mass is 10.1. The van der Waals surface area contributed by atoms with Crippen molar-refractivity contribution in [2.75, 3.05) is 25.2 Å². The monoisotopic (exact) mass is 356 g/mol. The molecule has 0 saturated carbocycles. The van der Waals surface area contributed by atoms with Gasteiger partial charge in [-0.15, -0.1) is 0 Å². The third-order valence-corrected chi connectivity index (χ3v) is 4.74. The molecule has 0 aliphatic carbocycles. The highest BCUT2D eigenvalue weighted by Crippen LogP contribution is 2.18. The van der Waals surface area contributed by atoms with Crippen LogP contribution in [0, 0.1) is 13.8 Å². The van der Waals surface area contributed by atoms with E-state index in [-0.39, 0.29) is 18.4 Å². The number of nitrogens with zero attached hydrogens (tertiary/aromatic N) is 1. The molecule has 4 nitrogen and oxygen atoms in total. The van der Waals surface area contributed by atoms with Gasteiger partial charge in [0.25, 0.3) is 5.91 Å². The van der Waals surface area contributed by atoms with E-state index < -0.39 is 0 Å². The van der Waals surface area contributed by atoms with Crippen LogP contribution in [0.2, 0.25) is 0 Å². The van der Waals surface area contributed by atoms with E-state index in [1.807, 2.05) is 62.6 Å². The molecular formula is C20H24N2O2S. The van der Waals surface area contributed by atoms with Crippen molar-refractivity contribution < 1.29 is 9.59 Å². The Labute approximate surface area is 153 Å². The first-order valence-electron chi connectivity index (χ1n) is 8.11.